The molecule has 0 saturated carbocycles. The predicted octanol–water partition coefficient (Wildman–Crippen LogP) is 3.11. The average Bonchev–Trinajstić information content (AvgIpc) is 2.77. The summed E-state index contributed by atoms with van der Waals surface area (Å²) >= 11 is 11.8. The van der Waals surface area contributed by atoms with Crippen molar-refractivity contribution in [3.05, 3.63) is 34.9 Å². The van der Waals surface area contributed by atoms with E-state index in [1.165, 1.54) is 0 Å². The highest BCUT2D eigenvalue weighted by atomic mass is 35.5. The van der Waals surface area contributed by atoms with Gasteiger partial charge in [0.15, 0.2) is 0 Å². The first kappa shape index (κ1) is 12.7. The van der Waals surface area contributed by atoms with E-state index in [1.54, 1.807) is 0 Å². The lowest BCUT2D eigenvalue weighted by Crippen LogP contribution is -2.37. The number of hydrogen-bond donors (Lipinski definition) is 0. The Hall–Kier alpha value is -0.730. The minimum absolute atomic E-state index is 0.149. The van der Waals surface area contributed by atoms with Gasteiger partial charge in [0.1, 0.15) is 0 Å². The van der Waals surface area contributed by atoms with Crippen LogP contribution in [-0.4, -0.2) is 29.3 Å². The molecule has 1 aliphatic rings. The summed E-state index contributed by atoms with van der Waals surface area (Å²) in [6, 6.07) is 7.66. The number of hydrogen-bond acceptors (Lipinski definition) is 1. The van der Waals surface area contributed by atoms with Gasteiger partial charge in [-0.15, -0.1) is 11.6 Å². The van der Waals surface area contributed by atoms with Gasteiger partial charge in [-0.05, 0) is 30.5 Å². The molecule has 0 N–H and O–H groups in total. The number of amides is 1. The van der Waals surface area contributed by atoms with Gasteiger partial charge in [-0.25, -0.2) is 0 Å². The number of benzene rings is 1. The molecule has 1 unspecified atom stereocenters. The van der Waals surface area contributed by atoms with E-state index in [2.05, 4.69) is 0 Å². The summed E-state index contributed by atoms with van der Waals surface area (Å²) in [6.45, 7) is 0.830. The molecule has 1 saturated heterocycles. The maximum atomic E-state index is 12.1. The lowest BCUT2D eigenvalue weighted by Gasteiger charge is -2.23. The Morgan fingerprint density at radius 1 is 1.47 bits per heavy atom. The fraction of sp³-hybridized carbons (Fsp3) is 0.462. The Morgan fingerprint density at radius 3 is 3.00 bits per heavy atom. The van der Waals surface area contributed by atoms with E-state index < -0.39 is 0 Å². The van der Waals surface area contributed by atoms with Gasteiger partial charge in [0, 0.05) is 23.5 Å². The fourth-order valence-electron chi connectivity index (χ4n) is 2.25. The number of halogens is 2. The van der Waals surface area contributed by atoms with Gasteiger partial charge in [-0.2, -0.15) is 0 Å². The number of alkyl halides is 1. The molecule has 1 aromatic carbocycles. The van der Waals surface area contributed by atoms with Crippen LogP contribution in [0.4, 0.5) is 0 Å². The van der Waals surface area contributed by atoms with E-state index in [-0.39, 0.29) is 11.9 Å². The molecule has 1 aliphatic heterocycles. The Kier molecular flexibility index (Phi) is 4.30. The van der Waals surface area contributed by atoms with Crippen molar-refractivity contribution in [1.82, 2.24) is 4.90 Å². The third-order valence-electron chi connectivity index (χ3n) is 3.12. The zero-order valence-corrected chi connectivity index (χ0v) is 11.0. The Bertz CT molecular complexity index is 408. The van der Waals surface area contributed by atoms with Gasteiger partial charge in [0.05, 0.1) is 6.42 Å². The average molecular weight is 272 g/mol. The molecular formula is C13H15Cl2NO. The number of carbonyl (C=O) groups excluding carboxylic acids is 1. The Morgan fingerprint density at radius 2 is 2.29 bits per heavy atom. The topological polar surface area (TPSA) is 20.3 Å². The van der Waals surface area contributed by atoms with Crippen molar-refractivity contribution in [2.75, 3.05) is 12.4 Å². The summed E-state index contributed by atoms with van der Waals surface area (Å²) < 4.78 is 0. The molecule has 92 valence electrons. The summed E-state index contributed by atoms with van der Waals surface area (Å²) in [5, 5.41) is 0.672. The molecule has 0 spiro atoms. The summed E-state index contributed by atoms with van der Waals surface area (Å²) in [4.78, 5) is 14.0. The molecule has 2 nitrogen and oxygen atoms in total. The first-order valence-corrected chi connectivity index (χ1v) is 6.72. The van der Waals surface area contributed by atoms with Crippen LogP contribution in [0.15, 0.2) is 24.3 Å². The predicted molar refractivity (Wildman–Crippen MR) is 70.6 cm³/mol. The second-order valence-electron chi connectivity index (χ2n) is 4.34. The Balaban J connectivity index is 2.01. The molecule has 0 aliphatic carbocycles. The molecule has 1 fully saturated rings. The van der Waals surface area contributed by atoms with Gasteiger partial charge >= 0.3 is 0 Å². The minimum atomic E-state index is 0.149. The highest BCUT2D eigenvalue weighted by Gasteiger charge is 2.27. The van der Waals surface area contributed by atoms with Crippen LogP contribution in [0, 0.1) is 0 Å². The van der Waals surface area contributed by atoms with E-state index in [9.17, 15) is 4.79 Å². The van der Waals surface area contributed by atoms with E-state index in [0.29, 0.717) is 17.3 Å². The molecule has 1 atom stereocenters. The quantitative estimate of drug-likeness (QED) is 0.774. The first-order chi connectivity index (χ1) is 8.20. The third kappa shape index (κ3) is 3.14. The molecule has 1 amide bonds. The minimum Gasteiger partial charge on any atom is -0.338 e. The molecule has 4 heteroatoms. The van der Waals surface area contributed by atoms with Crippen LogP contribution in [0.2, 0.25) is 5.02 Å². The molecule has 1 aromatic rings. The highest BCUT2D eigenvalue weighted by molar-refractivity contribution is 6.30. The van der Waals surface area contributed by atoms with Crippen LogP contribution in [0.5, 0.6) is 0 Å². The van der Waals surface area contributed by atoms with E-state index in [0.717, 1.165) is 24.9 Å². The van der Waals surface area contributed by atoms with Crippen molar-refractivity contribution in [2.45, 2.75) is 25.3 Å². The maximum absolute atomic E-state index is 12.1. The molecule has 17 heavy (non-hydrogen) atoms. The molecule has 1 heterocycles. The van der Waals surface area contributed by atoms with Crippen molar-refractivity contribution in [2.24, 2.45) is 0 Å². The van der Waals surface area contributed by atoms with Crippen LogP contribution in [0.3, 0.4) is 0 Å². The SMILES string of the molecule is O=C(Cc1cccc(Cl)c1)N1CCCC1CCl. The van der Waals surface area contributed by atoms with E-state index in [1.807, 2.05) is 29.2 Å². The van der Waals surface area contributed by atoms with E-state index >= 15 is 0 Å². The van der Waals surface area contributed by atoms with Crippen LogP contribution in [-0.2, 0) is 11.2 Å². The Labute approximate surface area is 112 Å². The smallest absolute Gasteiger partial charge is 0.227 e. The third-order valence-corrected chi connectivity index (χ3v) is 3.71. The normalized spacial score (nSPS) is 19.6. The number of rotatable bonds is 3. The van der Waals surface area contributed by atoms with E-state index in [4.69, 9.17) is 23.2 Å². The van der Waals surface area contributed by atoms with Gasteiger partial charge in [0.2, 0.25) is 5.91 Å². The van der Waals surface area contributed by atoms with Crippen LogP contribution in [0.25, 0.3) is 0 Å². The van der Waals surface area contributed by atoms with Crippen molar-refractivity contribution >= 4 is 29.1 Å². The number of nitrogens with zero attached hydrogens (tertiary/aromatic N) is 1. The molecule has 0 radical (unpaired) electrons. The van der Waals surface area contributed by atoms with Crippen LogP contribution in [0.1, 0.15) is 18.4 Å². The van der Waals surface area contributed by atoms with Gasteiger partial charge in [0.25, 0.3) is 0 Å². The molecular weight excluding hydrogens is 257 g/mol. The first-order valence-electron chi connectivity index (χ1n) is 5.80. The standard InChI is InChI=1S/C13H15Cl2NO/c14-9-12-5-2-6-16(12)13(17)8-10-3-1-4-11(15)7-10/h1,3-4,7,12H,2,5-6,8-9H2. The summed E-state index contributed by atoms with van der Waals surface area (Å²) in [6.07, 6.45) is 2.48. The number of carbonyl (C=O) groups is 1. The largest absolute Gasteiger partial charge is 0.338 e. The van der Waals surface area contributed by atoms with Crippen molar-refractivity contribution in [1.29, 1.82) is 0 Å². The summed E-state index contributed by atoms with van der Waals surface area (Å²) in [5.74, 6) is 0.678. The summed E-state index contributed by atoms with van der Waals surface area (Å²) in [5.41, 5.74) is 0.961. The maximum Gasteiger partial charge on any atom is 0.227 e. The lowest BCUT2D eigenvalue weighted by molar-refractivity contribution is -0.130. The zero-order valence-electron chi connectivity index (χ0n) is 9.53. The second kappa shape index (κ2) is 5.74. The van der Waals surface area contributed by atoms with Crippen LogP contribution >= 0.6 is 23.2 Å². The van der Waals surface area contributed by atoms with Crippen LogP contribution < -0.4 is 0 Å². The van der Waals surface area contributed by atoms with Gasteiger partial charge in [-0.1, -0.05) is 23.7 Å². The lowest BCUT2D eigenvalue weighted by atomic mass is 10.1. The zero-order chi connectivity index (χ0) is 12.3. The molecule has 0 bridgehead atoms. The molecule has 2 rings (SSSR count). The number of likely N-dealkylation sites (tertiary alicyclic amines) is 1. The van der Waals surface area contributed by atoms with Crippen molar-refractivity contribution in [3.8, 4) is 0 Å². The summed E-state index contributed by atoms with van der Waals surface area (Å²) in [7, 11) is 0. The monoisotopic (exact) mass is 271 g/mol. The molecule has 0 aromatic heterocycles. The fourth-order valence-corrected chi connectivity index (χ4v) is 2.78. The van der Waals surface area contributed by atoms with Gasteiger partial charge < -0.3 is 4.90 Å². The van der Waals surface area contributed by atoms with Crippen molar-refractivity contribution in [3.63, 3.8) is 0 Å². The van der Waals surface area contributed by atoms with Gasteiger partial charge in [-0.3, -0.25) is 4.79 Å². The second-order valence-corrected chi connectivity index (χ2v) is 5.09. The highest BCUT2D eigenvalue weighted by Crippen LogP contribution is 2.20. The van der Waals surface area contributed by atoms with Crippen molar-refractivity contribution < 1.29 is 4.79 Å².